The highest BCUT2D eigenvalue weighted by atomic mass is 16.5. The third-order valence-corrected chi connectivity index (χ3v) is 3.37. The number of carbonyl (C=O) groups excluding carboxylic acids is 1. The van der Waals surface area contributed by atoms with Crippen LogP contribution in [0.2, 0.25) is 0 Å². The molecule has 0 spiro atoms. The van der Waals surface area contributed by atoms with Gasteiger partial charge in [0.05, 0.1) is 18.5 Å². The van der Waals surface area contributed by atoms with E-state index in [1.165, 1.54) is 18.3 Å². The molecule has 7 nitrogen and oxygen atoms in total. The Morgan fingerprint density at radius 2 is 2.33 bits per heavy atom. The zero-order chi connectivity index (χ0) is 15.2. The van der Waals surface area contributed by atoms with Crippen LogP contribution in [0.5, 0.6) is 0 Å². The van der Waals surface area contributed by atoms with Crippen LogP contribution in [0.15, 0.2) is 18.3 Å². The highest BCUT2D eigenvalue weighted by Crippen LogP contribution is 2.15. The summed E-state index contributed by atoms with van der Waals surface area (Å²) in [6.45, 7) is 2.12. The van der Waals surface area contributed by atoms with Crippen LogP contribution >= 0.6 is 0 Å². The molecule has 0 bridgehead atoms. The number of urea groups is 1. The van der Waals surface area contributed by atoms with Gasteiger partial charge in [-0.15, -0.1) is 0 Å². The number of aromatic nitrogens is 1. The summed E-state index contributed by atoms with van der Waals surface area (Å²) in [5.41, 5.74) is 0.414. The summed E-state index contributed by atoms with van der Waals surface area (Å²) in [4.78, 5) is 28.1. The first-order valence-corrected chi connectivity index (χ1v) is 6.85. The quantitative estimate of drug-likeness (QED) is 0.881. The fourth-order valence-corrected chi connectivity index (χ4v) is 2.23. The molecule has 1 saturated heterocycles. The number of anilines is 1. The summed E-state index contributed by atoms with van der Waals surface area (Å²) in [5.74, 6) is -0.732. The molecule has 2 rings (SSSR count). The van der Waals surface area contributed by atoms with Gasteiger partial charge in [-0.25, -0.2) is 14.6 Å². The zero-order valence-corrected chi connectivity index (χ0v) is 11.9. The molecule has 1 atom stereocenters. The minimum Gasteiger partial charge on any atom is -0.477 e. The lowest BCUT2D eigenvalue weighted by molar-refractivity contribution is 0.0464. The molecule has 21 heavy (non-hydrogen) atoms. The molecular formula is C14H19N3O4. The molecule has 1 fully saturated rings. The van der Waals surface area contributed by atoms with Crippen LogP contribution in [-0.4, -0.2) is 53.8 Å². The third kappa shape index (κ3) is 4.42. The molecule has 0 saturated carbocycles. The van der Waals surface area contributed by atoms with Gasteiger partial charge < -0.3 is 20.1 Å². The predicted octanol–water partition coefficient (Wildman–Crippen LogP) is 1.67. The van der Waals surface area contributed by atoms with Crippen molar-refractivity contribution in [3.8, 4) is 0 Å². The third-order valence-electron chi connectivity index (χ3n) is 3.37. The van der Waals surface area contributed by atoms with Crippen molar-refractivity contribution in [1.29, 1.82) is 0 Å². The maximum atomic E-state index is 12.0. The molecule has 2 heterocycles. The van der Waals surface area contributed by atoms with Gasteiger partial charge in [0.15, 0.2) is 0 Å². The van der Waals surface area contributed by atoms with Crippen molar-refractivity contribution >= 4 is 17.7 Å². The van der Waals surface area contributed by atoms with Crippen molar-refractivity contribution in [3.63, 3.8) is 0 Å². The monoisotopic (exact) mass is 293 g/mol. The van der Waals surface area contributed by atoms with E-state index >= 15 is 0 Å². The van der Waals surface area contributed by atoms with E-state index in [9.17, 15) is 9.59 Å². The number of pyridine rings is 1. The van der Waals surface area contributed by atoms with Crippen molar-refractivity contribution < 1.29 is 19.4 Å². The lowest BCUT2D eigenvalue weighted by Gasteiger charge is -2.27. The standard InChI is InChI=1S/C14H19N3O4/c1-17(8-10-3-2-6-21-9-10)14(20)16-11-4-5-12(13(18)19)15-7-11/h4-5,7,10H,2-3,6,8-9H2,1H3,(H,16,20)(H,18,19). The second-order valence-electron chi connectivity index (χ2n) is 5.13. The Morgan fingerprint density at radius 3 is 2.90 bits per heavy atom. The number of carbonyl (C=O) groups is 2. The molecule has 1 aromatic heterocycles. The molecule has 0 radical (unpaired) electrons. The maximum Gasteiger partial charge on any atom is 0.354 e. The van der Waals surface area contributed by atoms with Gasteiger partial charge in [-0.05, 0) is 25.0 Å². The number of hydrogen-bond donors (Lipinski definition) is 2. The molecule has 114 valence electrons. The number of carboxylic acids is 1. The minimum absolute atomic E-state index is 0.0549. The van der Waals surface area contributed by atoms with Crippen molar-refractivity contribution in [2.75, 3.05) is 32.1 Å². The Bertz CT molecular complexity index is 497. The van der Waals surface area contributed by atoms with Crippen LogP contribution in [0.4, 0.5) is 10.5 Å². The Morgan fingerprint density at radius 1 is 1.52 bits per heavy atom. The SMILES string of the molecule is CN(CC1CCCOC1)C(=O)Nc1ccc(C(=O)O)nc1. The fraction of sp³-hybridized carbons (Fsp3) is 0.500. The summed E-state index contributed by atoms with van der Waals surface area (Å²) in [7, 11) is 1.73. The number of amides is 2. The highest BCUT2D eigenvalue weighted by Gasteiger charge is 2.18. The molecule has 1 aliphatic heterocycles. The van der Waals surface area contributed by atoms with Gasteiger partial charge in [-0.1, -0.05) is 0 Å². The van der Waals surface area contributed by atoms with Gasteiger partial charge in [0.1, 0.15) is 5.69 Å². The molecule has 1 aromatic rings. The molecule has 2 amide bonds. The molecule has 2 N–H and O–H groups in total. The molecule has 1 aliphatic rings. The van der Waals surface area contributed by atoms with Gasteiger partial charge in [0, 0.05) is 26.1 Å². The van der Waals surface area contributed by atoms with E-state index in [2.05, 4.69) is 10.3 Å². The van der Waals surface area contributed by atoms with Crippen molar-refractivity contribution in [2.24, 2.45) is 5.92 Å². The Kier molecular flexibility index (Phi) is 5.10. The number of carboxylic acid groups (broad SMARTS) is 1. The number of hydrogen-bond acceptors (Lipinski definition) is 4. The van der Waals surface area contributed by atoms with E-state index in [0.29, 0.717) is 24.8 Å². The average molecular weight is 293 g/mol. The number of nitrogens with one attached hydrogen (secondary N) is 1. The van der Waals surface area contributed by atoms with Crippen LogP contribution in [0.3, 0.4) is 0 Å². The van der Waals surface area contributed by atoms with Gasteiger partial charge >= 0.3 is 12.0 Å². The first-order valence-electron chi connectivity index (χ1n) is 6.85. The maximum absolute atomic E-state index is 12.0. The van der Waals surface area contributed by atoms with Gasteiger partial charge in [-0.3, -0.25) is 0 Å². The van der Waals surface area contributed by atoms with E-state index in [1.54, 1.807) is 11.9 Å². The fourth-order valence-electron chi connectivity index (χ4n) is 2.23. The van der Waals surface area contributed by atoms with E-state index in [-0.39, 0.29) is 11.7 Å². The summed E-state index contributed by atoms with van der Waals surface area (Å²) < 4.78 is 5.39. The molecule has 0 aliphatic carbocycles. The smallest absolute Gasteiger partial charge is 0.354 e. The van der Waals surface area contributed by atoms with Crippen molar-refractivity contribution in [1.82, 2.24) is 9.88 Å². The number of rotatable bonds is 4. The average Bonchev–Trinajstić information content (AvgIpc) is 2.48. The Balaban J connectivity index is 1.86. The van der Waals surface area contributed by atoms with E-state index < -0.39 is 5.97 Å². The van der Waals surface area contributed by atoms with E-state index in [0.717, 1.165) is 19.4 Å². The second kappa shape index (κ2) is 7.03. The van der Waals surface area contributed by atoms with E-state index in [1.807, 2.05) is 0 Å². The molecule has 1 unspecified atom stereocenters. The molecular weight excluding hydrogens is 274 g/mol. The van der Waals surface area contributed by atoms with Crippen LogP contribution in [0, 0.1) is 5.92 Å². The Hall–Kier alpha value is -2.15. The van der Waals surface area contributed by atoms with Crippen LogP contribution in [0.1, 0.15) is 23.3 Å². The van der Waals surface area contributed by atoms with Crippen LogP contribution in [0.25, 0.3) is 0 Å². The second-order valence-corrected chi connectivity index (χ2v) is 5.13. The van der Waals surface area contributed by atoms with Crippen LogP contribution < -0.4 is 5.32 Å². The van der Waals surface area contributed by atoms with Crippen molar-refractivity contribution in [3.05, 3.63) is 24.0 Å². The zero-order valence-electron chi connectivity index (χ0n) is 11.9. The van der Waals surface area contributed by atoms with Gasteiger partial charge in [0.2, 0.25) is 0 Å². The van der Waals surface area contributed by atoms with Gasteiger partial charge in [0.25, 0.3) is 0 Å². The summed E-state index contributed by atoms with van der Waals surface area (Å²) in [5, 5.41) is 11.4. The molecule has 0 aromatic carbocycles. The largest absolute Gasteiger partial charge is 0.477 e. The Labute approximate surface area is 122 Å². The molecule has 7 heteroatoms. The lowest BCUT2D eigenvalue weighted by Crippen LogP contribution is -2.37. The van der Waals surface area contributed by atoms with E-state index in [4.69, 9.17) is 9.84 Å². The summed E-state index contributed by atoms with van der Waals surface area (Å²) >= 11 is 0. The topological polar surface area (TPSA) is 91.8 Å². The summed E-state index contributed by atoms with van der Waals surface area (Å²) in [6, 6.07) is 2.63. The number of aromatic carboxylic acids is 1. The highest BCUT2D eigenvalue weighted by molar-refractivity contribution is 5.90. The minimum atomic E-state index is -1.10. The van der Waals surface area contributed by atoms with Crippen LogP contribution in [-0.2, 0) is 4.74 Å². The first-order chi connectivity index (χ1) is 10.1. The number of nitrogens with zero attached hydrogens (tertiary/aromatic N) is 2. The van der Waals surface area contributed by atoms with Crippen molar-refractivity contribution in [2.45, 2.75) is 12.8 Å². The lowest BCUT2D eigenvalue weighted by atomic mass is 10.0. The number of ether oxygens (including phenoxy) is 1. The summed E-state index contributed by atoms with van der Waals surface area (Å²) in [6.07, 6.45) is 3.42. The normalized spacial score (nSPS) is 18.0. The first kappa shape index (κ1) is 15.2. The predicted molar refractivity (Wildman–Crippen MR) is 76.4 cm³/mol. The van der Waals surface area contributed by atoms with Gasteiger partial charge in [-0.2, -0.15) is 0 Å².